The molecule has 372 valence electrons. The largest absolute Gasteiger partial charge is 0.488 e. The van der Waals surface area contributed by atoms with E-state index in [1.165, 1.54) is 53.2 Å². The van der Waals surface area contributed by atoms with E-state index in [9.17, 15) is 45.5 Å². The summed E-state index contributed by atoms with van der Waals surface area (Å²) in [6.07, 6.45) is -0.985. The van der Waals surface area contributed by atoms with Crippen molar-refractivity contribution in [1.29, 1.82) is 0 Å². The van der Waals surface area contributed by atoms with Crippen LogP contribution in [0.1, 0.15) is 66.4 Å². The molecule has 0 aliphatic heterocycles. The molecule has 4 amide bonds. The van der Waals surface area contributed by atoms with Crippen LogP contribution in [0.25, 0.3) is 22.2 Å². The number of aromatic nitrogens is 6. The van der Waals surface area contributed by atoms with E-state index in [4.69, 9.17) is 10.0 Å². The van der Waals surface area contributed by atoms with Gasteiger partial charge in [-0.05, 0) is 114 Å². The molecule has 0 unspecified atom stereocenters. The first-order chi connectivity index (χ1) is 34.2. The lowest BCUT2D eigenvalue weighted by Crippen LogP contribution is -2.31. The van der Waals surface area contributed by atoms with Crippen molar-refractivity contribution in [2.45, 2.75) is 26.2 Å². The summed E-state index contributed by atoms with van der Waals surface area (Å²) in [5, 5.41) is 31.0. The molecule has 4 N–H and O–H groups in total. The first-order valence-electron chi connectivity index (χ1n) is 21.5. The molecule has 0 atom stereocenters. The van der Waals surface area contributed by atoms with Crippen molar-refractivity contribution in [3.63, 3.8) is 0 Å². The number of carbonyl (C=O) groups is 4. The maximum atomic E-state index is 13.2. The van der Waals surface area contributed by atoms with Crippen molar-refractivity contribution < 1.29 is 55.6 Å². The van der Waals surface area contributed by atoms with Crippen LogP contribution in [0.15, 0.2) is 139 Å². The summed E-state index contributed by atoms with van der Waals surface area (Å²) in [4.78, 5) is 59.1. The molecule has 8 rings (SSSR count). The zero-order valence-corrected chi connectivity index (χ0v) is 40.0. The van der Waals surface area contributed by atoms with Crippen LogP contribution < -0.4 is 25.9 Å². The van der Waals surface area contributed by atoms with Crippen molar-refractivity contribution in [1.82, 2.24) is 39.8 Å². The van der Waals surface area contributed by atoms with Gasteiger partial charge in [0.15, 0.2) is 0 Å². The summed E-state index contributed by atoms with van der Waals surface area (Å²) < 4.78 is 80.5. The van der Waals surface area contributed by atoms with Crippen molar-refractivity contribution in [3.05, 3.63) is 172 Å². The molecule has 0 fully saturated rings. The second kappa shape index (κ2) is 22.9. The molecule has 0 radical (unpaired) electrons. The Morgan fingerprint density at radius 2 is 1.03 bits per heavy atom. The van der Waals surface area contributed by atoms with Gasteiger partial charge in [-0.3, -0.25) is 29.0 Å². The number of alkyl halides is 6. The number of nitrogens with zero attached hydrogens (tertiary/aromatic N) is 8. The number of hydrogen-bond donors (Lipinski definition) is 4. The summed E-state index contributed by atoms with van der Waals surface area (Å²) >= 11 is 3.35. The lowest BCUT2D eigenvalue weighted by Gasteiger charge is -2.20. The van der Waals surface area contributed by atoms with Gasteiger partial charge >= 0.3 is 19.5 Å². The number of nitrogens with one attached hydrogen (secondary N) is 2. The average Bonchev–Trinajstić information content (AvgIpc) is 3.98. The monoisotopic (exact) mass is 1060 g/mol. The van der Waals surface area contributed by atoms with Crippen LogP contribution in [0.2, 0.25) is 0 Å². The quantitative estimate of drug-likeness (QED) is 0.0794. The molecule has 16 nitrogen and oxygen atoms in total. The molecular weight excluding hydrogens is 1020 g/mol. The Kier molecular flexibility index (Phi) is 17.0. The summed E-state index contributed by atoms with van der Waals surface area (Å²) in [6, 6.07) is 23.7. The number of benzene rings is 2. The maximum Gasteiger partial charge on any atom is 0.488 e. The molecule has 6 heterocycles. The highest BCUT2D eigenvalue weighted by molar-refractivity contribution is 9.10. The molecular formula is C48H42BBrF6N10O6. The summed E-state index contributed by atoms with van der Waals surface area (Å²) in [5.74, 6) is -0.869. The van der Waals surface area contributed by atoms with Crippen molar-refractivity contribution in [2.75, 3.05) is 37.0 Å². The Morgan fingerprint density at radius 1 is 0.597 bits per heavy atom. The van der Waals surface area contributed by atoms with Crippen molar-refractivity contribution in [2.24, 2.45) is 0 Å². The first kappa shape index (κ1) is 53.4. The van der Waals surface area contributed by atoms with Crippen LogP contribution in [0, 0.1) is 0 Å². The Labute approximate surface area is 415 Å². The minimum atomic E-state index is -4.51. The van der Waals surface area contributed by atoms with Crippen molar-refractivity contribution >= 4 is 74.8 Å². The molecule has 0 saturated carbocycles. The van der Waals surface area contributed by atoms with E-state index in [1.807, 2.05) is 0 Å². The molecule has 6 aromatic heterocycles. The SMILES string of the molecule is CCN(C(=O)c1ccn2ncc(-c3ccc(C(=O)NC)cc3)c2c1)c1ccc(C(F)(F)F)cn1.CCN(C(=O)c1ccn2ncc(Br)c2c1)c1ccc(C(F)(F)F)cn1.CNC(=O)c1ccc(B(O)O)cc1. The molecule has 8 aromatic rings. The predicted octanol–water partition coefficient (Wildman–Crippen LogP) is 7.34. The lowest BCUT2D eigenvalue weighted by molar-refractivity contribution is -0.138. The topological polar surface area (TPSA) is 200 Å². The Balaban J connectivity index is 0.000000195. The lowest BCUT2D eigenvalue weighted by atomic mass is 9.80. The molecule has 0 spiro atoms. The molecule has 72 heavy (non-hydrogen) atoms. The predicted molar refractivity (Wildman–Crippen MR) is 260 cm³/mol. The fourth-order valence-electron chi connectivity index (χ4n) is 6.87. The van der Waals surface area contributed by atoms with Gasteiger partial charge in [0, 0.05) is 79.8 Å². The number of rotatable bonds is 10. The van der Waals surface area contributed by atoms with Gasteiger partial charge in [-0.25, -0.2) is 19.0 Å². The highest BCUT2D eigenvalue weighted by Gasteiger charge is 2.32. The maximum absolute atomic E-state index is 13.2. The third-order valence-corrected chi connectivity index (χ3v) is 11.3. The summed E-state index contributed by atoms with van der Waals surface area (Å²) in [7, 11) is 1.61. The second-order valence-electron chi connectivity index (χ2n) is 15.2. The van der Waals surface area contributed by atoms with Gasteiger partial charge in [0.1, 0.15) is 11.6 Å². The zero-order valence-electron chi connectivity index (χ0n) is 38.4. The van der Waals surface area contributed by atoms with Crippen LogP contribution in [0.5, 0.6) is 0 Å². The highest BCUT2D eigenvalue weighted by atomic mass is 79.9. The molecule has 2 aromatic carbocycles. The zero-order chi connectivity index (χ0) is 52.5. The number of amides is 4. The van der Waals surface area contributed by atoms with E-state index in [2.05, 4.69) is 46.7 Å². The van der Waals surface area contributed by atoms with Gasteiger partial charge in [0.25, 0.3) is 23.6 Å². The van der Waals surface area contributed by atoms with E-state index in [0.717, 1.165) is 33.9 Å². The molecule has 0 aliphatic rings. The smallest absolute Gasteiger partial charge is 0.423 e. The van der Waals surface area contributed by atoms with Gasteiger partial charge in [0.05, 0.1) is 39.0 Å². The fourth-order valence-corrected chi connectivity index (χ4v) is 7.26. The third kappa shape index (κ3) is 12.5. The van der Waals surface area contributed by atoms with Gasteiger partial charge in [-0.15, -0.1) is 0 Å². The van der Waals surface area contributed by atoms with Gasteiger partial charge in [-0.1, -0.05) is 24.3 Å². The Bertz CT molecular complexity index is 3190. The average molecular weight is 1060 g/mol. The Hall–Kier alpha value is -7.96. The minimum absolute atomic E-state index is 0.124. The standard InChI is InChI=1S/C24H20F3N5O2.C16H12BrF3N4O.C8H10BNO3/c1-3-31(21-9-8-18(13-29-21)24(25,26)27)23(34)17-10-11-32-20(12-17)19(14-30-32)15-4-6-16(7-5-15)22(33)28-2;1-2-23(14-4-3-11(8-21-14)16(18,19)20)15(25)10-5-6-24-13(7-10)12(17)9-22-24;1-10-8(11)6-2-4-7(5-3-6)9(12)13/h4-14H,3H2,1-2H3,(H,28,33);3-9H,2H2,1H3;2-5,12-13H,1H3,(H,10,11). The highest BCUT2D eigenvalue weighted by Crippen LogP contribution is 2.32. The number of anilines is 2. The van der Waals surface area contributed by atoms with E-state index in [1.54, 1.807) is 103 Å². The number of pyridine rings is 4. The van der Waals surface area contributed by atoms with E-state index in [0.29, 0.717) is 44.9 Å². The molecule has 0 aliphatic carbocycles. The van der Waals surface area contributed by atoms with Gasteiger partial charge in [0.2, 0.25) is 0 Å². The number of halogens is 7. The van der Waals surface area contributed by atoms with Crippen LogP contribution in [0.3, 0.4) is 0 Å². The Morgan fingerprint density at radius 3 is 1.43 bits per heavy atom. The van der Waals surface area contributed by atoms with E-state index >= 15 is 0 Å². The van der Waals surface area contributed by atoms with E-state index in [-0.39, 0.29) is 42.4 Å². The van der Waals surface area contributed by atoms with Crippen LogP contribution in [-0.4, -0.2) is 97.2 Å². The van der Waals surface area contributed by atoms with Crippen LogP contribution >= 0.6 is 15.9 Å². The van der Waals surface area contributed by atoms with Crippen molar-refractivity contribution in [3.8, 4) is 11.1 Å². The number of hydrogen-bond acceptors (Lipinski definition) is 10. The number of carbonyl (C=O) groups excluding carboxylic acids is 4. The number of fused-ring (bicyclic) bond motifs is 2. The third-order valence-electron chi connectivity index (χ3n) is 10.7. The van der Waals surface area contributed by atoms with Gasteiger partial charge in [-0.2, -0.15) is 36.5 Å². The molecule has 0 bridgehead atoms. The van der Waals surface area contributed by atoms with E-state index < -0.39 is 36.5 Å². The van der Waals surface area contributed by atoms with Crippen LogP contribution in [0.4, 0.5) is 38.0 Å². The molecule has 0 saturated heterocycles. The minimum Gasteiger partial charge on any atom is -0.423 e. The second-order valence-corrected chi connectivity index (χ2v) is 16.0. The normalized spacial score (nSPS) is 11.2. The fraction of sp³-hybridized carbons (Fsp3) is 0.167. The van der Waals surface area contributed by atoms with Gasteiger partial charge < -0.3 is 20.7 Å². The molecule has 24 heteroatoms. The summed E-state index contributed by atoms with van der Waals surface area (Å²) in [6.45, 7) is 3.93. The summed E-state index contributed by atoms with van der Waals surface area (Å²) in [5.41, 5.74) is 3.30. The first-order valence-corrected chi connectivity index (χ1v) is 22.3. The van der Waals surface area contributed by atoms with Crippen LogP contribution in [-0.2, 0) is 12.4 Å².